The fourth-order valence-corrected chi connectivity index (χ4v) is 9.40. The first kappa shape index (κ1) is 65.4. The molecule has 0 heterocycles. The maximum Gasteiger partial charge on any atom is 0.306 e. The van der Waals surface area contributed by atoms with Gasteiger partial charge in [0, 0.05) is 19.3 Å². The molecule has 0 aliphatic rings. The van der Waals surface area contributed by atoms with Crippen molar-refractivity contribution in [3.05, 3.63) is 0 Å². The summed E-state index contributed by atoms with van der Waals surface area (Å²) in [6, 6.07) is 0. The van der Waals surface area contributed by atoms with Gasteiger partial charge in [-0.05, 0) is 31.1 Å². The summed E-state index contributed by atoms with van der Waals surface area (Å²) in [6.45, 7) is 11.4. The predicted molar refractivity (Wildman–Crippen MR) is 289 cm³/mol. The van der Waals surface area contributed by atoms with Gasteiger partial charge in [-0.15, -0.1) is 0 Å². The van der Waals surface area contributed by atoms with Crippen LogP contribution in [-0.2, 0) is 28.6 Å². The van der Waals surface area contributed by atoms with Crippen LogP contribution in [0.15, 0.2) is 0 Å². The van der Waals surface area contributed by atoms with E-state index in [0.29, 0.717) is 19.3 Å². The van der Waals surface area contributed by atoms with Crippen molar-refractivity contribution in [3.63, 3.8) is 0 Å². The van der Waals surface area contributed by atoms with Gasteiger partial charge in [0.15, 0.2) is 6.10 Å². The van der Waals surface area contributed by atoms with Gasteiger partial charge < -0.3 is 14.2 Å². The largest absolute Gasteiger partial charge is 0.462 e. The third-order valence-corrected chi connectivity index (χ3v) is 14.0. The molecule has 0 aliphatic carbocycles. The Balaban J connectivity index is 4.28. The fourth-order valence-electron chi connectivity index (χ4n) is 9.40. The molecule has 0 aromatic carbocycles. The van der Waals surface area contributed by atoms with Crippen LogP contribution in [0.5, 0.6) is 0 Å². The molecule has 0 aliphatic heterocycles. The smallest absolute Gasteiger partial charge is 0.306 e. The first-order valence-electron chi connectivity index (χ1n) is 30.2. The lowest BCUT2D eigenvalue weighted by molar-refractivity contribution is -0.167. The maximum atomic E-state index is 12.9. The summed E-state index contributed by atoms with van der Waals surface area (Å²) < 4.78 is 16.9. The third-order valence-electron chi connectivity index (χ3n) is 14.0. The number of esters is 3. The summed E-state index contributed by atoms with van der Waals surface area (Å²) in [6.07, 6.45) is 58.1. The molecule has 0 aromatic heterocycles. The fraction of sp³-hybridized carbons (Fsp3) is 0.951. The Morgan fingerprint density at radius 3 is 0.731 bits per heavy atom. The van der Waals surface area contributed by atoms with Crippen LogP contribution in [0.4, 0.5) is 0 Å². The Labute approximate surface area is 418 Å². The molecule has 0 amide bonds. The zero-order valence-electron chi connectivity index (χ0n) is 46.0. The molecular formula is C61H118O6. The molecule has 0 unspecified atom stereocenters. The van der Waals surface area contributed by atoms with Crippen molar-refractivity contribution in [2.75, 3.05) is 13.2 Å². The second kappa shape index (κ2) is 53.8. The van der Waals surface area contributed by atoms with E-state index in [2.05, 4.69) is 34.6 Å². The minimum Gasteiger partial charge on any atom is -0.462 e. The standard InChI is InChI=1S/C61H118O6/c1-6-7-8-9-10-11-12-13-16-20-26-31-36-41-46-51-59(62)65-54-58(67-61(64)53-48-43-38-33-28-23-22-25-30-35-40-45-50-57(4)5)55-66-60(63)52-47-42-37-32-27-21-18-15-14-17-19-24-29-34-39-44-49-56(2)3/h56-58H,6-55H2,1-5H3/t58-/m0/s1. The second-order valence-electron chi connectivity index (χ2n) is 21.9. The van der Waals surface area contributed by atoms with E-state index in [4.69, 9.17) is 14.2 Å². The van der Waals surface area contributed by atoms with Gasteiger partial charge in [0.2, 0.25) is 0 Å². The molecule has 0 N–H and O–H groups in total. The minimum absolute atomic E-state index is 0.0623. The molecule has 0 spiro atoms. The Morgan fingerprint density at radius 1 is 0.284 bits per heavy atom. The molecule has 0 fully saturated rings. The zero-order valence-corrected chi connectivity index (χ0v) is 46.0. The molecule has 0 rings (SSSR count). The Bertz CT molecular complexity index is 1020. The molecule has 6 heteroatoms. The minimum atomic E-state index is -0.763. The Hall–Kier alpha value is -1.59. The molecule has 398 valence electrons. The molecule has 0 aromatic rings. The first-order chi connectivity index (χ1) is 32.7. The van der Waals surface area contributed by atoms with E-state index >= 15 is 0 Å². The highest BCUT2D eigenvalue weighted by Gasteiger charge is 2.19. The summed E-state index contributed by atoms with van der Waals surface area (Å²) in [4.78, 5) is 38.2. The van der Waals surface area contributed by atoms with Crippen molar-refractivity contribution >= 4 is 17.9 Å². The Kier molecular flexibility index (Phi) is 52.5. The van der Waals surface area contributed by atoms with Gasteiger partial charge in [-0.1, -0.05) is 304 Å². The summed E-state index contributed by atoms with van der Waals surface area (Å²) in [5.74, 6) is 0.850. The van der Waals surface area contributed by atoms with Crippen LogP contribution in [0.1, 0.15) is 343 Å². The van der Waals surface area contributed by atoms with Crippen LogP contribution in [0.2, 0.25) is 0 Å². The monoisotopic (exact) mass is 947 g/mol. The number of unbranched alkanes of at least 4 members (excludes halogenated alkanes) is 40. The van der Waals surface area contributed by atoms with Crippen molar-refractivity contribution in [2.24, 2.45) is 11.8 Å². The second-order valence-corrected chi connectivity index (χ2v) is 21.9. The number of ether oxygens (including phenoxy) is 3. The quantitative estimate of drug-likeness (QED) is 0.0343. The van der Waals surface area contributed by atoms with Gasteiger partial charge >= 0.3 is 17.9 Å². The lowest BCUT2D eigenvalue weighted by Gasteiger charge is -2.18. The summed E-state index contributed by atoms with van der Waals surface area (Å²) >= 11 is 0. The molecule has 6 nitrogen and oxygen atoms in total. The number of carbonyl (C=O) groups is 3. The van der Waals surface area contributed by atoms with Crippen molar-refractivity contribution in [2.45, 2.75) is 349 Å². The number of hydrogen-bond acceptors (Lipinski definition) is 6. The van der Waals surface area contributed by atoms with Crippen LogP contribution >= 0.6 is 0 Å². The van der Waals surface area contributed by atoms with Gasteiger partial charge in [-0.25, -0.2) is 0 Å². The van der Waals surface area contributed by atoms with E-state index in [1.807, 2.05) is 0 Å². The highest BCUT2D eigenvalue weighted by molar-refractivity contribution is 5.71. The van der Waals surface area contributed by atoms with E-state index in [-0.39, 0.29) is 31.1 Å². The van der Waals surface area contributed by atoms with Crippen LogP contribution in [0.25, 0.3) is 0 Å². The first-order valence-corrected chi connectivity index (χ1v) is 30.2. The predicted octanol–water partition coefficient (Wildman–Crippen LogP) is 20.0. The average Bonchev–Trinajstić information content (AvgIpc) is 3.30. The number of hydrogen-bond donors (Lipinski definition) is 0. The van der Waals surface area contributed by atoms with Gasteiger partial charge in [0.25, 0.3) is 0 Å². The summed E-state index contributed by atoms with van der Waals surface area (Å²) in [7, 11) is 0. The van der Waals surface area contributed by atoms with E-state index in [1.165, 1.54) is 231 Å². The average molecular weight is 948 g/mol. The van der Waals surface area contributed by atoms with E-state index in [9.17, 15) is 14.4 Å². The summed E-state index contributed by atoms with van der Waals surface area (Å²) in [5, 5.41) is 0. The molecule has 0 saturated heterocycles. The molecule has 1 atom stereocenters. The van der Waals surface area contributed by atoms with Crippen molar-refractivity contribution in [1.29, 1.82) is 0 Å². The lowest BCUT2D eigenvalue weighted by atomic mass is 10.0. The molecule has 67 heavy (non-hydrogen) atoms. The van der Waals surface area contributed by atoms with Crippen LogP contribution in [-0.4, -0.2) is 37.2 Å². The van der Waals surface area contributed by atoms with Crippen molar-refractivity contribution < 1.29 is 28.6 Å². The van der Waals surface area contributed by atoms with E-state index in [1.54, 1.807) is 0 Å². The zero-order chi connectivity index (χ0) is 48.9. The molecule has 0 radical (unpaired) electrons. The van der Waals surface area contributed by atoms with Gasteiger partial charge in [-0.3, -0.25) is 14.4 Å². The molecular weight excluding hydrogens is 829 g/mol. The topological polar surface area (TPSA) is 78.9 Å². The SMILES string of the molecule is CCCCCCCCCCCCCCCCCC(=O)OC[C@@H](COC(=O)CCCCCCCCCCCCCCCCCCC(C)C)OC(=O)CCCCCCCCCCCCCCC(C)C. The lowest BCUT2D eigenvalue weighted by Crippen LogP contribution is -2.30. The van der Waals surface area contributed by atoms with Crippen LogP contribution in [0.3, 0.4) is 0 Å². The van der Waals surface area contributed by atoms with E-state index in [0.717, 1.165) is 69.6 Å². The highest BCUT2D eigenvalue weighted by atomic mass is 16.6. The number of rotatable bonds is 55. The van der Waals surface area contributed by atoms with Gasteiger partial charge in [0.05, 0.1) is 0 Å². The van der Waals surface area contributed by atoms with Crippen LogP contribution in [0, 0.1) is 11.8 Å². The molecule has 0 saturated carbocycles. The van der Waals surface area contributed by atoms with Gasteiger partial charge in [0.1, 0.15) is 13.2 Å². The van der Waals surface area contributed by atoms with E-state index < -0.39 is 6.10 Å². The van der Waals surface area contributed by atoms with Crippen molar-refractivity contribution in [3.8, 4) is 0 Å². The number of carbonyl (C=O) groups excluding carboxylic acids is 3. The maximum absolute atomic E-state index is 12.9. The molecule has 0 bridgehead atoms. The van der Waals surface area contributed by atoms with Gasteiger partial charge in [-0.2, -0.15) is 0 Å². The summed E-state index contributed by atoms with van der Waals surface area (Å²) in [5.41, 5.74) is 0. The van der Waals surface area contributed by atoms with Crippen molar-refractivity contribution in [1.82, 2.24) is 0 Å². The third kappa shape index (κ3) is 55.2. The van der Waals surface area contributed by atoms with Crippen LogP contribution < -0.4 is 0 Å². The normalized spacial score (nSPS) is 12.0. The highest BCUT2D eigenvalue weighted by Crippen LogP contribution is 2.18. The Morgan fingerprint density at radius 2 is 0.493 bits per heavy atom.